The SMILES string of the molecule is COc1ccc(Cc2ccc(-c3nnn(Cc4ccc(OC)cc4)n3)c(S(N)(=O)=O)c2S(N)(=O)=O)cc1. The lowest BCUT2D eigenvalue weighted by molar-refractivity contribution is 0.414. The van der Waals surface area contributed by atoms with E-state index in [-0.39, 0.29) is 29.9 Å². The zero-order chi connectivity index (χ0) is 26.8. The first-order valence-electron chi connectivity index (χ1n) is 10.7. The number of hydrogen-bond acceptors (Lipinski definition) is 9. The molecule has 0 spiro atoms. The molecule has 0 fully saturated rings. The smallest absolute Gasteiger partial charge is 0.240 e. The lowest BCUT2D eigenvalue weighted by Crippen LogP contribution is -2.23. The van der Waals surface area contributed by atoms with Crippen LogP contribution in [0.1, 0.15) is 16.7 Å². The molecule has 1 aromatic heterocycles. The van der Waals surface area contributed by atoms with Crippen molar-refractivity contribution in [1.29, 1.82) is 0 Å². The molecule has 0 unspecified atom stereocenters. The number of nitrogens with two attached hydrogens (primary N) is 2. The van der Waals surface area contributed by atoms with E-state index in [0.29, 0.717) is 17.1 Å². The molecule has 12 nitrogen and oxygen atoms in total. The Morgan fingerprint density at radius 1 is 0.757 bits per heavy atom. The van der Waals surface area contributed by atoms with Crippen molar-refractivity contribution in [3.05, 3.63) is 77.4 Å². The Kier molecular flexibility index (Phi) is 7.27. The second-order valence-corrected chi connectivity index (χ2v) is 11.0. The van der Waals surface area contributed by atoms with Crippen LogP contribution in [0.4, 0.5) is 0 Å². The molecule has 4 rings (SSSR count). The van der Waals surface area contributed by atoms with Gasteiger partial charge < -0.3 is 9.47 Å². The van der Waals surface area contributed by atoms with Crippen LogP contribution in [0.5, 0.6) is 11.5 Å². The van der Waals surface area contributed by atoms with Gasteiger partial charge in [0.2, 0.25) is 25.9 Å². The molecule has 0 amide bonds. The van der Waals surface area contributed by atoms with Crippen molar-refractivity contribution in [1.82, 2.24) is 20.2 Å². The third-order valence-electron chi connectivity index (χ3n) is 5.49. The van der Waals surface area contributed by atoms with E-state index in [1.807, 2.05) is 12.1 Å². The van der Waals surface area contributed by atoms with E-state index in [0.717, 1.165) is 5.56 Å². The number of ether oxygens (including phenoxy) is 2. The molecule has 4 N–H and O–H groups in total. The maximum atomic E-state index is 12.7. The number of tetrazole rings is 1. The summed E-state index contributed by atoms with van der Waals surface area (Å²) < 4.78 is 61.0. The van der Waals surface area contributed by atoms with Gasteiger partial charge in [0.05, 0.1) is 20.8 Å². The van der Waals surface area contributed by atoms with E-state index in [1.165, 1.54) is 24.0 Å². The maximum absolute atomic E-state index is 12.7. The Morgan fingerprint density at radius 2 is 1.30 bits per heavy atom. The number of nitrogens with zero attached hydrogens (tertiary/aromatic N) is 4. The van der Waals surface area contributed by atoms with Crippen molar-refractivity contribution in [3.8, 4) is 22.9 Å². The van der Waals surface area contributed by atoms with Crippen LogP contribution in [0.2, 0.25) is 0 Å². The summed E-state index contributed by atoms with van der Waals surface area (Å²) in [5, 5.41) is 23.1. The minimum atomic E-state index is -4.59. The first kappa shape index (κ1) is 26.2. The Hall–Kier alpha value is -3.85. The van der Waals surface area contributed by atoms with Crippen molar-refractivity contribution >= 4 is 20.0 Å². The van der Waals surface area contributed by atoms with Crippen LogP contribution in [0.15, 0.2) is 70.5 Å². The monoisotopic (exact) mass is 544 g/mol. The normalized spacial score (nSPS) is 11.9. The van der Waals surface area contributed by atoms with E-state index in [2.05, 4.69) is 15.4 Å². The van der Waals surface area contributed by atoms with Gasteiger partial charge in [0, 0.05) is 5.56 Å². The van der Waals surface area contributed by atoms with E-state index in [4.69, 9.17) is 19.8 Å². The molecular weight excluding hydrogens is 520 g/mol. The average molecular weight is 545 g/mol. The molecule has 3 aromatic carbocycles. The summed E-state index contributed by atoms with van der Waals surface area (Å²) in [4.78, 5) is -0.0637. The summed E-state index contributed by atoms with van der Waals surface area (Å²) >= 11 is 0. The highest BCUT2D eigenvalue weighted by Crippen LogP contribution is 2.33. The molecule has 37 heavy (non-hydrogen) atoms. The Labute approximate surface area is 213 Å². The van der Waals surface area contributed by atoms with Gasteiger partial charge in [0.15, 0.2) is 0 Å². The number of hydrogen-bond donors (Lipinski definition) is 2. The van der Waals surface area contributed by atoms with Gasteiger partial charge in [-0.05, 0) is 58.7 Å². The highest BCUT2D eigenvalue weighted by Gasteiger charge is 2.31. The standard InChI is InChI=1S/C23H24N6O6S2/c1-34-18-8-3-15(4-9-18)13-17-7-12-20(22(37(25,32)33)21(17)36(24,30)31)23-26-28-29(27-23)14-16-5-10-19(35-2)11-6-16/h3-12H,13-14H2,1-2H3,(H2,24,30,31)(H2,25,32,33). The van der Waals surface area contributed by atoms with E-state index in [1.54, 1.807) is 43.5 Å². The minimum absolute atomic E-state index is 0.0656. The van der Waals surface area contributed by atoms with Gasteiger partial charge in [-0.25, -0.2) is 27.1 Å². The maximum Gasteiger partial charge on any atom is 0.240 e. The Balaban J connectivity index is 1.79. The number of methoxy groups -OCH3 is 2. The van der Waals surface area contributed by atoms with Gasteiger partial charge in [-0.15, -0.1) is 10.2 Å². The predicted octanol–water partition coefficient (Wildman–Crippen LogP) is 1.29. The van der Waals surface area contributed by atoms with E-state index >= 15 is 0 Å². The van der Waals surface area contributed by atoms with E-state index < -0.39 is 29.8 Å². The fourth-order valence-electron chi connectivity index (χ4n) is 3.79. The van der Waals surface area contributed by atoms with Gasteiger partial charge in [-0.2, -0.15) is 4.80 Å². The molecule has 0 aliphatic carbocycles. The summed E-state index contributed by atoms with van der Waals surface area (Å²) in [6, 6.07) is 16.9. The predicted molar refractivity (Wildman–Crippen MR) is 134 cm³/mol. The second-order valence-electron chi connectivity index (χ2n) is 8.04. The van der Waals surface area contributed by atoms with Crippen LogP contribution in [-0.2, 0) is 33.0 Å². The number of aromatic nitrogens is 4. The van der Waals surface area contributed by atoms with Crippen molar-refractivity contribution in [2.75, 3.05) is 14.2 Å². The minimum Gasteiger partial charge on any atom is -0.497 e. The quantitative estimate of drug-likeness (QED) is 0.313. The van der Waals surface area contributed by atoms with Gasteiger partial charge in [-0.3, -0.25) is 0 Å². The van der Waals surface area contributed by atoms with Crippen LogP contribution >= 0.6 is 0 Å². The second kappa shape index (κ2) is 10.3. The summed E-state index contributed by atoms with van der Waals surface area (Å²) in [5.74, 6) is 1.16. The topological polar surface area (TPSA) is 182 Å². The number of benzene rings is 3. The third kappa shape index (κ3) is 5.94. The first-order valence-corrected chi connectivity index (χ1v) is 13.8. The van der Waals surface area contributed by atoms with Gasteiger partial charge >= 0.3 is 0 Å². The Morgan fingerprint density at radius 3 is 1.81 bits per heavy atom. The van der Waals surface area contributed by atoms with Crippen LogP contribution in [0.25, 0.3) is 11.4 Å². The van der Waals surface area contributed by atoms with Crippen molar-refractivity contribution < 1.29 is 26.3 Å². The zero-order valence-corrected chi connectivity index (χ0v) is 21.5. The number of primary sulfonamides is 2. The van der Waals surface area contributed by atoms with Gasteiger partial charge in [0.25, 0.3) is 0 Å². The molecule has 0 radical (unpaired) electrons. The largest absolute Gasteiger partial charge is 0.497 e. The molecule has 0 saturated heterocycles. The highest BCUT2D eigenvalue weighted by atomic mass is 32.2. The zero-order valence-electron chi connectivity index (χ0n) is 19.9. The van der Waals surface area contributed by atoms with Crippen LogP contribution in [0, 0.1) is 0 Å². The Bertz CT molecular complexity index is 1630. The average Bonchev–Trinajstić information content (AvgIpc) is 3.31. The molecule has 0 saturated carbocycles. The third-order valence-corrected chi connectivity index (χ3v) is 7.65. The molecule has 4 aromatic rings. The van der Waals surface area contributed by atoms with Crippen LogP contribution in [0.3, 0.4) is 0 Å². The molecule has 0 bridgehead atoms. The molecule has 194 valence electrons. The lowest BCUT2D eigenvalue weighted by atomic mass is 10.0. The fourth-order valence-corrected chi connectivity index (χ4v) is 6.22. The van der Waals surface area contributed by atoms with Crippen LogP contribution in [-0.4, -0.2) is 51.3 Å². The van der Waals surface area contributed by atoms with E-state index in [9.17, 15) is 16.8 Å². The molecule has 14 heteroatoms. The molecule has 0 aliphatic rings. The summed E-state index contributed by atoms with van der Waals surface area (Å²) in [7, 11) is -6.05. The van der Waals surface area contributed by atoms with Crippen molar-refractivity contribution in [3.63, 3.8) is 0 Å². The van der Waals surface area contributed by atoms with Gasteiger partial charge in [0.1, 0.15) is 21.3 Å². The summed E-state index contributed by atoms with van der Waals surface area (Å²) in [6.45, 7) is 0.222. The van der Waals surface area contributed by atoms with Crippen molar-refractivity contribution in [2.24, 2.45) is 10.3 Å². The van der Waals surface area contributed by atoms with Gasteiger partial charge in [-0.1, -0.05) is 30.3 Å². The van der Waals surface area contributed by atoms with Crippen molar-refractivity contribution in [2.45, 2.75) is 22.8 Å². The molecular formula is C23H24N6O6S2. The number of sulfonamides is 2. The lowest BCUT2D eigenvalue weighted by Gasteiger charge is -2.15. The van der Waals surface area contributed by atoms with Crippen LogP contribution < -0.4 is 19.8 Å². The number of rotatable bonds is 9. The fraction of sp³-hybridized carbons (Fsp3) is 0.174. The first-order chi connectivity index (χ1) is 17.5. The highest BCUT2D eigenvalue weighted by molar-refractivity contribution is 7.92. The summed E-state index contributed by atoms with van der Waals surface area (Å²) in [5.41, 5.74) is 1.54. The molecule has 0 atom stereocenters. The molecule has 1 heterocycles. The summed E-state index contributed by atoms with van der Waals surface area (Å²) in [6.07, 6.45) is 0.0656. The molecule has 0 aliphatic heterocycles.